The second-order valence-corrected chi connectivity index (χ2v) is 4.12. The molecule has 0 aliphatic carbocycles. The third-order valence-corrected chi connectivity index (χ3v) is 3.13. The summed E-state index contributed by atoms with van der Waals surface area (Å²) in [4.78, 5) is 2.44. The summed E-state index contributed by atoms with van der Waals surface area (Å²) in [5.41, 5.74) is 6.10. The molecule has 1 rings (SSSR count). The van der Waals surface area contributed by atoms with Gasteiger partial charge in [0.25, 0.3) is 0 Å². The minimum absolute atomic E-state index is 0.0985. The van der Waals surface area contributed by atoms with Crippen LogP contribution >= 0.6 is 0 Å². The van der Waals surface area contributed by atoms with E-state index in [1.54, 1.807) is 0 Å². The third kappa shape index (κ3) is 3.25. The molecule has 78 valence electrons. The van der Waals surface area contributed by atoms with Crippen LogP contribution in [0, 0.1) is 0 Å². The molecule has 13 heavy (non-hydrogen) atoms. The van der Waals surface area contributed by atoms with Crippen molar-refractivity contribution >= 4 is 0 Å². The molecule has 0 saturated carbocycles. The molecular formula is C10H22N2O. The van der Waals surface area contributed by atoms with Crippen molar-refractivity contribution in [3.8, 4) is 0 Å². The second-order valence-electron chi connectivity index (χ2n) is 4.12. The lowest BCUT2D eigenvalue weighted by Gasteiger charge is -2.27. The molecule has 1 aliphatic rings. The highest BCUT2D eigenvalue weighted by Gasteiger charge is 2.27. The van der Waals surface area contributed by atoms with Gasteiger partial charge in [-0.1, -0.05) is 6.92 Å². The zero-order valence-corrected chi connectivity index (χ0v) is 8.63. The molecule has 1 aliphatic heterocycles. The van der Waals surface area contributed by atoms with Crippen LogP contribution in [0.3, 0.4) is 0 Å². The quantitative estimate of drug-likeness (QED) is 0.677. The van der Waals surface area contributed by atoms with Crippen molar-refractivity contribution in [3.63, 3.8) is 0 Å². The van der Waals surface area contributed by atoms with Crippen molar-refractivity contribution in [1.29, 1.82) is 0 Å². The highest BCUT2D eigenvalue weighted by atomic mass is 16.3. The minimum atomic E-state index is -0.0985. The van der Waals surface area contributed by atoms with E-state index in [-0.39, 0.29) is 12.1 Å². The molecular weight excluding hydrogens is 164 g/mol. The SMILES string of the molecule is CCN1CCCC(N)(CCO)CC1. The Hall–Kier alpha value is -0.120. The molecule has 3 N–H and O–H groups in total. The first-order chi connectivity index (χ1) is 6.20. The van der Waals surface area contributed by atoms with E-state index in [1.807, 2.05) is 0 Å². The van der Waals surface area contributed by atoms with Crippen LogP contribution in [0.5, 0.6) is 0 Å². The van der Waals surface area contributed by atoms with Crippen LogP contribution in [0.1, 0.15) is 32.6 Å². The Bertz CT molecular complexity index is 152. The lowest BCUT2D eigenvalue weighted by atomic mass is 9.89. The molecule has 0 spiro atoms. The van der Waals surface area contributed by atoms with Crippen molar-refractivity contribution in [2.24, 2.45) is 5.73 Å². The molecule has 0 aromatic carbocycles. The van der Waals surface area contributed by atoms with Crippen molar-refractivity contribution < 1.29 is 5.11 Å². The van der Waals surface area contributed by atoms with Crippen LogP contribution in [0.15, 0.2) is 0 Å². The Morgan fingerprint density at radius 2 is 2.15 bits per heavy atom. The van der Waals surface area contributed by atoms with Gasteiger partial charge in [0, 0.05) is 12.1 Å². The molecule has 1 atom stereocenters. The van der Waals surface area contributed by atoms with E-state index in [9.17, 15) is 0 Å². The van der Waals surface area contributed by atoms with E-state index in [1.165, 1.54) is 13.0 Å². The maximum atomic E-state index is 8.91. The van der Waals surface area contributed by atoms with E-state index in [4.69, 9.17) is 10.8 Å². The van der Waals surface area contributed by atoms with E-state index >= 15 is 0 Å². The van der Waals surface area contributed by atoms with Gasteiger partial charge in [-0.2, -0.15) is 0 Å². The lowest BCUT2D eigenvalue weighted by molar-refractivity contribution is 0.221. The molecule has 0 amide bonds. The average Bonchev–Trinajstić information content (AvgIpc) is 2.28. The largest absolute Gasteiger partial charge is 0.396 e. The summed E-state index contributed by atoms with van der Waals surface area (Å²) in [6.45, 7) is 5.79. The molecule has 3 nitrogen and oxygen atoms in total. The van der Waals surface area contributed by atoms with Crippen LogP contribution < -0.4 is 5.73 Å². The predicted molar refractivity (Wildman–Crippen MR) is 54.6 cm³/mol. The maximum Gasteiger partial charge on any atom is 0.0448 e. The number of hydrogen-bond donors (Lipinski definition) is 2. The molecule has 0 radical (unpaired) electrons. The summed E-state index contributed by atoms with van der Waals surface area (Å²) in [6.07, 6.45) is 4.01. The average molecular weight is 186 g/mol. The van der Waals surface area contributed by atoms with Gasteiger partial charge in [-0.3, -0.25) is 0 Å². The van der Waals surface area contributed by atoms with Crippen LogP contribution in [0.2, 0.25) is 0 Å². The summed E-state index contributed by atoms with van der Waals surface area (Å²) in [7, 11) is 0. The fourth-order valence-electron chi connectivity index (χ4n) is 2.06. The van der Waals surface area contributed by atoms with Crippen molar-refractivity contribution in [2.45, 2.75) is 38.1 Å². The molecule has 0 aromatic rings. The van der Waals surface area contributed by atoms with Crippen LogP contribution in [-0.4, -0.2) is 41.8 Å². The summed E-state index contributed by atoms with van der Waals surface area (Å²) in [5, 5.41) is 8.91. The lowest BCUT2D eigenvalue weighted by Crippen LogP contribution is -2.41. The van der Waals surface area contributed by atoms with Crippen LogP contribution in [-0.2, 0) is 0 Å². The van der Waals surface area contributed by atoms with Crippen LogP contribution in [0.4, 0.5) is 0 Å². The van der Waals surface area contributed by atoms with E-state index in [0.29, 0.717) is 0 Å². The minimum Gasteiger partial charge on any atom is -0.396 e. The molecule has 1 saturated heterocycles. The van der Waals surface area contributed by atoms with Gasteiger partial charge in [0.15, 0.2) is 0 Å². The first-order valence-corrected chi connectivity index (χ1v) is 5.32. The number of aliphatic hydroxyl groups is 1. The molecule has 3 heteroatoms. The Labute approximate surface area is 80.9 Å². The first kappa shape index (κ1) is 11.0. The maximum absolute atomic E-state index is 8.91. The predicted octanol–water partition coefficient (Wildman–Crippen LogP) is 0.572. The smallest absolute Gasteiger partial charge is 0.0448 e. The Balaban J connectivity index is 2.42. The molecule has 1 fully saturated rings. The molecule has 1 heterocycles. The second kappa shape index (κ2) is 4.94. The van der Waals surface area contributed by atoms with E-state index < -0.39 is 0 Å². The van der Waals surface area contributed by atoms with Gasteiger partial charge in [-0.15, -0.1) is 0 Å². The number of aliphatic hydroxyl groups excluding tert-OH is 1. The monoisotopic (exact) mass is 186 g/mol. The zero-order valence-electron chi connectivity index (χ0n) is 8.63. The van der Waals surface area contributed by atoms with Gasteiger partial charge in [0.2, 0.25) is 0 Å². The van der Waals surface area contributed by atoms with Gasteiger partial charge in [-0.05, 0) is 45.3 Å². The standard InChI is InChI=1S/C10H22N2O/c1-2-12-7-3-4-10(11,5-8-12)6-9-13/h13H,2-9,11H2,1H3. The highest BCUT2D eigenvalue weighted by molar-refractivity contribution is 4.87. The van der Waals surface area contributed by atoms with Crippen molar-refractivity contribution in [3.05, 3.63) is 0 Å². The summed E-state index contributed by atoms with van der Waals surface area (Å²) in [6, 6.07) is 0. The molecule has 1 unspecified atom stereocenters. The third-order valence-electron chi connectivity index (χ3n) is 3.13. The van der Waals surface area contributed by atoms with Crippen molar-refractivity contribution in [1.82, 2.24) is 4.90 Å². The number of nitrogens with two attached hydrogens (primary N) is 1. The summed E-state index contributed by atoms with van der Waals surface area (Å²) in [5.74, 6) is 0. The molecule has 0 bridgehead atoms. The fourth-order valence-corrected chi connectivity index (χ4v) is 2.06. The number of likely N-dealkylation sites (tertiary alicyclic amines) is 1. The fraction of sp³-hybridized carbons (Fsp3) is 1.00. The van der Waals surface area contributed by atoms with E-state index in [0.717, 1.165) is 32.4 Å². The Morgan fingerprint density at radius 1 is 1.38 bits per heavy atom. The zero-order chi connectivity index (χ0) is 9.73. The number of hydrogen-bond acceptors (Lipinski definition) is 3. The van der Waals surface area contributed by atoms with Gasteiger partial charge in [0.1, 0.15) is 0 Å². The van der Waals surface area contributed by atoms with Gasteiger partial charge in [-0.25, -0.2) is 0 Å². The highest BCUT2D eigenvalue weighted by Crippen LogP contribution is 2.22. The number of rotatable bonds is 3. The summed E-state index contributed by atoms with van der Waals surface area (Å²) >= 11 is 0. The molecule has 0 aromatic heterocycles. The topological polar surface area (TPSA) is 49.5 Å². The normalized spacial score (nSPS) is 31.6. The number of nitrogens with zero attached hydrogens (tertiary/aromatic N) is 1. The van der Waals surface area contributed by atoms with Crippen LogP contribution in [0.25, 0.3) is 0 Å². The Morgan fingerprint density at radius 3 is 2.77 bits per heavy atom. The van der Waals surface area contributed by atoms with E-state index in [2.05, 4.69) is 11.8 Å². The first-order valence-electron chi connectivity index (χ1n) is 5.32. The Kier molecular flexibility index (Phi) is 4.16. The van der Waals surface area contributed by atoms with Crippen molar-refractivity contribution in [2.75, 3.05) is 26.2 Å². The summed E-state index contributed by atoms with van der Waals surface area (Å²) < 4.78 is 0. The van der Waals surface area contributed by atoms with Gasteiger partial charge in [0.05, 0.1) is 0 Å². The van der Waals surface area contributed by atoms with Gasteiger partial charge >= 0.3 is 0 Å². The van der Waals surface area contributed by atoms with Gasteiger partial charge < -0.3 is 15.7 Å².